The van der Waals surface area contributed by atoms with E-state index < -0.39 is 0 Å². The summed E-state index contributed by atoms with van der Waals surface area (Å²) in [6, 6.07) is 8.70. The fourth-order valence-electron chi connectivity index (χ4n) is 2.86. The van der Waals surface area contributed by atoms with Crippen molar-refractivity contribution in [2.75, 3.05) is 31.1 Å². The van der Waals surface area contributed by atoms with Crippen molar-refractivity contribution in [1.82, 2.24) is 9.88 Å². The van der Waals surface area contributed by atoms with Crippen LogP contribution < -0.4 is 4.90 Å². The summed E-state index contributed by atoms with van der Waals surface area (Å²) >= 11 is 6.05. The van der Waals surface area contributed by atoms with Gasteiger partial charge in [0, 0.05) is 54.5 Å². The fourth-order valence-corrected chi connectivity index (χ4v) is 3.03. The Morgan fingerprint density at radius 1 is 1.10 bits per heavy atom. The van der Waals surface area contributed by atoms with Crippen LogP contribution in [0, 0.1) is 0 Å². The Labute approximate surface area is 125 Å². The summed E-state index contributed by atoms with van der Waals surface area (Å²) in [5.74, 6) is 0. The summed E-state index contributed by atoms with van der Waals surface area (Å²) in [5.41, 5.74) is 2.25. The van der Waals surface area contributed by atoms with E-state index in [1.165, 1.54) is 11.1 Å². The van der Waals surface area contributed by atoms with Gasteiger partial charge in [-0.2, -0.15) is 0 Å². The fraction of sp³-hybridized carbons (Fsp3) is 0.438. The number of piperazine rings is 1. The highest BCUT2D eigenvalue weighted by atomic mass is 35.5. The zero-order valence-electron chi connectivity index (χ0n) is 12.0. The molecule has 20 heavy (non-hydrogen) atoms. The van der Waals surface area contributed by atoms with Crippen LogP contribution in [0.2, 0.25) is 5.02 Å². The number of fused-ring (bicyclic) bond motifs is 1. The molecule has 2 aromatic rings. The summed E-state index contributed by atoms with van der Waals surface area (Å²) < 4.78 is 0. The van der Waals surface area contributed by atoms with Crippen molar-refractivity contribution in [2.45, 2.75) is 19.9 Å². The minimum absolute atomic E-state index is 0.630. The second-order valence-electron chi connectivity index (χ2n) is 5.61. The van der Waals surface area contributed by atoms with Gasteiger partial charge >= 0.3 is 0 Å². The molecule has 0 amide bonds. The van der Waals surface area contributed by atoms with E-state index in [2.05, 4.69) is 40.8 Å². The van der Waals surface area contributed by atoms with E-state index >= 15 is 0 Å². The first-order chi connectivity index (χ1) is 9.65. The predicted octanol–water partition coefficient (Wildman–Crippen LogP) is 3.42. The van der Waals surface area contributed by atoms with Gasteiger partial charge in [0.2, 0.25) is 0 Å². The van der Waals surface area contributed by atoms with Gasteiger partial charge in [-0.15, -0.1) is 0 Å². The molecule has 106 valence electrons. The van der Waals surface area contributed by atoms with Gasteiger partial charge in [-0.1, -0.05) is 11.6 Å². The van der Waals surface area contributed by atoms with Gasteiger partial charge in [0.05, 0.1) is 5.52 Å². The number of rotatable bonds is 2. The van der Waals surface area contributed by atoms with E-state index in [9.17, 15) is 0 Å². The molecule has 1 fully saturated rings. The van der Waals surface area contributed by atoms with Crippen LogP contribution in [0.4, 0.5) is 5.69 Å². The van der Waals surface area contributed by atoms with Gasteiger partial charge in [0.25, 0.3) is 0 Å². The van der Waals surface area contributed by atoms with Crippen LogP contribution in [0.25, 0.3) is 10.9 Å². The summed E-state index contributed by atoms with van der Waals surface area (Å²) in [4.78, 5) is 9.40. The van der Waals surface area contributed by atoms with Gasteiger partial charge < -0.3 is 4.90 Å². The second-order valence-corrected chi connectivity index (χ2v) is 6.04. The van der Waals surface area contributed by atoms with Crippen LogP contribution in [0.3, 0.4) is 0 Å². The zero-order valence-corrected chi connectivity index (χ0v) is 12.8. The molecule has 0 spiro atoms. The second kappa shape index (κ2) is 5.58. The van der Waals surface area contributed by atoms with E-state index in [1.807, 2.05) is 18.3 Å². The molecule has 1 aliphatic rings. The smallest absolute Gasteiger partial charge is 0.0737 e. The molecule has 3 rings (SSSR count). The van der Waals surface area contributed by atoms with E-state index in [1.54, 1.807) is 0 Å². The third-order valence-corrected chi connectivity index (χ3v) is 4.30. The largest absolute Gasteiger partial charge is 0.368 e. The first-order valence-corrected chi connectivity index (χ1v) is 7.56. The molecule has 0 saturated carbocycles. The Bertz CT molecular complexity index is 604. The molecule has 0 atom stereocenters. The molecule has 0 aliphatic carbocycles. The zero-order chi connectivity index (χ0) is 14.1. The standard InChI is InChI=1S/C16H20ClN3/c1-12(2)19-7-9-20(10-8-19)16-5-6-18-15-11-13(17)3-4-14(15)16/h3-6,11-12H,7-10H2,1-2H3. The van der Waals surface area contributed by atoms with Gasteiger partial charge in [0.15, 0.2) is 0 Å². The van der Waals surface area contributed by atoms with Crippen molar-refractivity contribution >= 4 is 28.2 Å². The number of halogens is 1. The molecule has 0 unspecified atom stereocenters. The Hall–Kier alpha value is -1.32. The molecule has 3 nitrogen and oxygen atoms in total. The van der Waals surface area contributed by atoms with Crippen molar-refractivity contribution in [3.8, 4) is 0 Å². The van der Waals surface area contributed by atoms with E-state index in [0.29, 0.717) is 6.04 Å². The molecule has 0 bridgehead atoms. The molecular formula is C16H20ClN3. The third-order valence-electron chi connectivity index (χ3n) is 4.07. The van der Waals surface area contributed by atoms with Crippen LogP contribution in [0.5, 0.6) is 0 Å². The van der Waals surface area contributed by atoms with Crippen LogP contribution in [-0.2, 0) is 0 Å². The van der Waals surface area contributed by atoms with Crippen LogP contribution in [0.1, 0.15) is 13.8 Å². The molecule has 1 aliphatic heterocycles. The maximum Gasteiger partial charge on any atom is 0.0737 e. The number of benzene rings is 1. The van der Waals surface area contributed by atoms with Crippen molar-refractivity contribution in [1.29, 1.82) is 0 Å². The summed E-state index contributed by atoms with van der Waals surface area (Å²) in [5, 5.41) is 1.93. The lowest BCUT2D eigenvalue weighted by Crippen LogP contribution is -2.48. The normalized spacial score (nSPS) is 17.1. The predicted molar refractivity (Wildman–Crippen MR) is 85.7 cm³/mol. The summed E-state index contributed by atoms with van der Waals surface area (Å²) in [6.07, 6.45) is 1.88. The molecule has 2 heterocycles. The van der Waals surface area contributed by atoms with Gasteiger partial charge in [-0.3, -0.25) is 9.88 Å². The van der Waals surface area contributed by atoms with E-state index in [0.717, 1.165) is 36.7 Å². The number of nitrogens with zero attached hydrogens (tertiary/aromatic N) is 3. The Balaban J connectivity index is 1.88. The van der Waals surface area contributed by atoms with Gasteiger partial charge in [0.1, 0.15) is 0 Å². The topological polar surface area (TPSA) is 19.4 Å². The molecule has 1 aromatic carbocycles. The van der Waals surface area contributed by atoms with E-state index in [4.69, 9.17) is 11.6 Å². The van der Waals surface area contributed by atoms with Crippen LogP contribution in [-0.4, -0.2) is 42.1 Å². The number of hydrogen-bond donors (Lipinski definition) is 0. The molecule has 4 heteroatoms. The Morgan fingerprint density at radius 3 is 2.55 bits per heavy atom. The van der Waals surface area contributed by atoms with Crippen molar-refractivity contribution in [2.24, 2.45) is 0 Å². The summed E-state index contributed by atoms with van der Waals surface area (Å²) in [6.45, 7) is 8.91. The average Bonchev–Trinajstić information content (AvgIpc) is 2.46. The minimum Gasteiger partial charge on any atom is -0.368 e. The molecule has 0 radical (unpaired) electrons. The quantitative estimate of drug-likeness (QED) is 0.844. The monoisotopic (exact) mass is 289 g/mol. The molecule has 0 N–H and O–H groups in total. The number of pyridine rings is 1. The lowest BCUT2D eigenvalue weighted by Gasteiger charge is -2.38. The lowest BCUT2D eigenvalue weighted by molar-refractivity contribution is 0.209. The van der Waals surface area contributed by atoms with Crippen LogP contribution in [0.15, 0.2) is 30.5 Å². The maximum absolute atomic E-state index is 6.05. The lowest BCUT2D eigenvalue weighted by atomic mass is 10.1. The van der Waals surface area contributed by atoms with Gasteiger partial charge in [-0.05, 0) is 38.1 Å². The van der Waals surface area contributed by atoms with Crippen molar-refractivity contribution in [3.05, 3.63) is 35.5 Å². The Morgan fingerprint density at radius 2 is 1.85 bits per heavy atom. The molecule has 1 aromatic heterocycles. The van der Waals surface area contributed by atoms with Crippen molar-refractivity contribution in [3.63, 3.8) is 0 Å². The first-order valence-electron chi connectivity index (χ1n) is 7.18. The number of anilines is 1. The maximum atomic E-state index is 6.05. The van der Waals surface area contributed by atoms with Crippen molar-refractivity contribution < 1.29 is 0 Å². The summed E-state index contributed by atoms with van der Waals surface area (Å²) in [7, 11) is 0. The molecule has 1 saturated heterocycles. The first kappa shape index (κ1) is 13.7. The Kier molecular flexibility index (Phi) is 3.81. The number of aromatic nitrogens is 1. The third kappa shape index (κ3) is 2.60. The average molecular weight is 290 g/mol. The van der Waals surface area contributed by atoms with Gasteiger partial charge in [-0.25, -0.2) is 0 Å². The van der Waals surface area contributed by atoms with Crippen LogP contribution >= 0.6 is 11.6 Å². The molecular weight excluding hydrogens is 270 g/mol. The minimum atomic E-state index is 0.630. The SMILES string of the molecule is CC(C)N1CCN(c2ccnc3cc(Cl)ccc23)CC1. The number of hydrogen-bond acceptors (Lipinski definition) is 3. The highest BCUT2D eigenvalue weighted by Gasteiger charge is 2.20. The highest BCUT2D eigenvalue weighted by Crippen LogP contribution is 2.28. The van der Waals surface area contributed by atoms with E-state index in [-0.39, 0.29) is 0 Å². The highest BCUT2D eigenvalue weighted by molar-refractivity contribution is 6.31.